The molecule has 0 aromatic rings. The van der Waals surface area contributed by atoms with Crippen LogP contribution in [0, 0.1) is 11.8 Å². The minimum Gasteiger partial charge on any atom is -0.0771 e. The first kappa shape index (κ1) is 8.65. The highest BCUT2D eigenvalue weighted by molar-refractivity contribution is 6.11. The summed E-state index contributed by atoms with van der Waals surface area (Å²) in [7, 11) is 6.06. The molecule has 2 aliphatic rings. The Kier molecular flexibility index (Phi) is 2.78. The highest BCUT2D eigenvalue weighted by Gasteiger charge is 2.23. The highest BCUT2D eigenvalue weighted by Crippen LogP contribution is 2.38. The first-order valence-electron chi connectivity index (χ1n) is 5.60. The molecule has 12 heavy (non-hydrogen) atoms. The van der Waals surface area contributed by atoms with E-state index in [0.717, 1.165) is 11.8 Å². The summed E-state index contributed by atoms with van der Waals surface area (Å²) >= 11 is 0. The normalized spacial score (nSPS) is 43.2. The molecule has 0 aromatic carbocycles. The van der Waals surface area contributed by atoms with Gasteiger partial charge in [-0.1, -0.05) is 57.2 Å². The zero-order valence-corrected chi connectivity index (χ0v) is 7.97. The van der Waals surface area contributed by atoms with Crippen molar-refractivity contribution in [3.8, 4) is 0 Å². The highest BCUT2D eigenvalue weighted by atomic mass is 14.3. The lowest BCUT2D eigenvalue weighted by Crippen LogP contribution is -2.09. The second-order valence-electron chi connectivity index (χ2n) is 4.81. The van der Waals surface area contributed by atoms with Crippen LogP contribution in [0.1, 0.15) is 51.4 Å². The van der Waals surface area contributed by atoms with Crippen molar-refractivity contribution in [1.82, 2.24) is 0 Å². The second kappa shape index (κ2) is 3.85. The van der Waals surface area contributed by atoms with Gasteiger partial charge in [-0.15, -0.1) is 0 Å². The Bertz CT molecular complexity index is 144. The lowest BCUT2D eigenvalue weighted by atomic mass is 9.72. The lowest BCUT2D eigenvalue weighted by Gasteiger charge is -2.24. The SMILES string of the molecule is [B]C1CCC2CCCC(CC2)C1. The van der Waals surface area contributed by atoms with Crippen molar-refractivity contribution in [3.05, 3.63) is 0 Å². The number of hydrogen-bond donors (Lipinski definition) is 0. The standard InChI is InChI=1S/C11H19B/c12-11-7-6-9-2-1-3-10(8-11)5-4-9/h9-11H,1-8H2. The molecule has 66 valence electrons. The molecule has 3 atom stereocenters. The molecule has 1 heteroatoms. The quantitative estimate of drug-likeness (QED) is 0.479. The van der Waals surface area contributed by atoms with Crippen LogP contribution < -0.4 is 0 Å². The van der Waals surface area contributed by atoms with Gasteiger partial charge in [-0.3, -0.25) is 0 Å². The van der Waals surface area contributed by atoms with Gasteiger partial charge in [0.2, 0.25) is 0 Å². The Hall–Kier alpha value is 0.0649. The van der Waals surface area contributed by atoms with E-state index in [0.29, 0.717) is 5.82 Å². The van der Waals surface area contributed by atoms with Crippen molar-refractivity contribution in [2.45, 2.75) is 57.2 Å². The van der Waals surface area contributed by atoms with E-state index in [-0.39, 0.29) is 0 Å². The fraction of sp³-hybridized carbons (Fsp3) is 1.00. The third kappa shape index (κ3) is 2.05. The molecule has 0 amide bonds. The molecule has 0 aliphatic heterocycles. The predicted octanol–water partition coefficient (Wildman–Crippen LogP) is 3.32. The van der Waals surface area contributed by atoms with Crippen molar-refractivity contribution in [2.24, 2.45) is 11.8 Å². The molecule has 2 radical (unpaired) electrons. The average Bonchev–Trinajstić information content (AvgIpc) is 2.20. The summed E-state index contributed by atoms with van der Waals surface area (Å²) in [6.45, 7) is 0. The van der Waals surface area contributed by atoms with Crippen molar-refractivity contribution in [3.63, 3.8) is 0 Å². The molecule has 0 heterocycles. The van der Waals surface area contributed by atoms with Gasteiger partial charge in [-0.25, -0.2) is 0 Å². The molecule has 2 saturated carbocycles. The fourth-order valence-electron chi connectivity index (χ4n) is 2.98. The molecule has 0 nitrogen and oxygen atoms in total. The fourth-order valence-corrected chi connectivity index (χ4v) is 2.98. The van der Waals surface area contributed by atoms with Gasteiger partial charge in [0, 0.05) is 0 Å². The zero-order chi connectivity index (χ0) is 8.39. The van der Waals surface area contributed by atoms with Crippen LogP contribution >= 0.6 is 0 Å². The Balaban J connectivity index is 2.00. The van der Waals surface area contributed by atoms with E-state index < -0.39 is 0 Å². The van der Waals surface area contributed by atoms with Gasteiger partial charge in [0.05, 0.1) is 7.85 Å². The molecule has 2 aliphatic carbocycles. The minimum atomic E-state index is 0.524. The van der Waals surface area contributed by atoms with Crippen molar-refractivity contribution < 1.29 is 0 Å². The summed E-state index contributed by atoms with van der Waals surface area (Å²) in [5.41, 5.74) is 0. The first-order valence-corrected chi connectivity index (χ1v) is 5.60. The van der Waals surface area contributed by atoms with E-state index in [1.165, 1.54) is 51.4 Å². The predicted molar refractivity (Wildman–Crippen MR) is 53.4 cm³/mol. The maximum atomic E-state index is 6.06. The molecular weight excluding hydrogens is 143 g/mol. The third-order valence-electron chi connectivity index (χ3n) is 3.79. The first-order chi connectivity index (χ1) is 5.84. The van der Waals surface area contributed by atoms with Crippen LogP contribution in [0.5, 0.6) is 0 Å². The van der Waals surface area contributed by atoms with Crippen LogP contribution in [0.4, 0.5) is 0 Å². The Morgan fingerprint density at radius 2 is 1.42 bits per heavy atom. The van der Waals surface area contributed by atoms with Crippen LogP contribution in [-0.2, 0) is 0 Å². The van der Waals surface area contributed by atoms with Crippen molar-refractivity contribution in [2.75, 3.05) is 0 Å². The molecule has 0 saturated heterocycles. The summed E-state index contributed by atoms with van der Waals surface area (Å²) in [5, 5.41) is 0. The van der Waals surface area contributed by atoms with E-state index in [2.05, 4.69) is 0 Å². The number of fused-ring (bicyclic) bond motifs is 3. The summed E-state index contributed by atoms with van der Waals surface area (Å²) in [5.74, 6) is 2.53. The topological polar surface area (TPSA) is 0 Å². The van der Waals surface area contributed by atoms with E-state index in [1.807, 2.05) is 0 Å². The maximum absolute atomic E-state index is 6.06. The molecule has 2 rings (SSSR count). The molecule has 0 N–H and O–H groups in total. The summed E-state index contributed by atoms with van der Waals surface area (Å²) in [6.07, 6.45) is 11.4. The van der Waals surface area contributed by atoms with Gasteiger partial charge in [-0.2, -0.15) is 0 Å². The van der Waals surface area contributed by atoms with Crippen LogP contribution in [0.2, 0.25) is 5.82 Å². The molecule has 0 aromatic heterocycles. The number of hydrogen-bond acceptors (Lipinski definition) is 0. The van der Waals surface area contributed by atoms with Gasteiger partial charge in [0.15, 0.2) is 0 Å². The molecule has 3 unspecified atom stereocenters. The van der Waals surface area contributed by atoms with E-state index in [1.54, 1.807) is 0 Å². The maximum Gasteiger partial charge on any atom is 0.0699 e. The van der Waals surface area contributed by atoms with Crippen LogP contribution in [0.15, 0.2) is 0 Å². The third-order valence-corrected chi connectivity index (χ3v) is 3.79. The van der Waals surface area contributed by atoms with Crippen molar-refractivity contribution >= 4 is 7.85 Å². The van der Waals surface area contributed by atoms with Gasteiger partial charge < -0.3 is 0 Å². The van der Waals surface area contributed by atoms with Gasteiger partial charge >= 0.3 is 0 Å². The largest absolute Gasteiger partial charge is 0.0771 e. The summed E-state index contributed by atoms with van der Waals surface area (Å²) in [4.78, 5) is 0. The average molecular weight is 162 g/mol. The monoisotopic (exact) mass is 162 g/mol. The smallest absolute Gasteiger partial charge is 0.0699 e. The van der Waals surface area contributed by atoms with Crippen LogP contribution in [0.25, 0.3) is 0 Å². The minimum absolute atomic E-state index is 0.524. The van der Waals surface area contributed by atoms with E-state index >= 15 is 0 Å². The lowest BCUT2D eigenvalue weighted by molar-refractivity contribution is 0.343. The Morgan fingerprint density at radius 1 is 0.750 bits per heavy atom. The Morgan fingerprint density at radius 3 is 2.33 bits per heavy atom. The summed E-state index contributed by atoms with van der Waals surface area (Å²) < 4.78 is 0. The summed E-state index contributed by atoms with van der Waals surface area (Å²) in [6, 6.07) is 0. The van der Waals surface area contributed by atoms with Gasteiger partial charge in [-0.05, 0) is 11.8 Å². The molecule has 2 fully saturated rings. The molecule has 0 spiro atoms. The second-order valence-corrected chi connectivity index (χ2v) is 4.81. The van der Waals surface area contributed by atoms with Crippen LogP contribution in [0.3, 0.4) is 0 Å². The van der Waals surface area contributed by atoms with Gasteiger partial charge in [0.25, 0.3) is 0 Å². The van der Waals surface area contributed by atoms with Gasteiger partial charge in [0.1, 0.15) is 0 Å². The van der Waals surface area contributed by atoms with E-state index in [4.69, 9.17) is 7.85 Å². The molecular formula is C11H19B. The van der Waals surface area contributed by atoms with Crippen LogP contribution in [-0.4, -0.2) is 7.85 Å². The zero-order valence-electron chi connectivity index (χ0n) is 7.97. The number of rotatable bonds is 0. The van der Waals surface area contributed by atoms with Crippen molar-refractivity contribution in [1.29, 1.82) is 0 Å². The van der Waals surface area contributed by atoms with E-state index in [9.17, 15) is 0 Å². The Labute approximate surface area is 77.5 Å². The molecule has 2 bridgehead atoms.